The third-order valence-corrected chi connectivity index (χ3v) is 2.45. The highest BCUT2D eigenvalue weighted by Crippen LogP contribution is 2.19. The predicted octanol–water partition coefficient (Wildman–Crippen LogP) is 2.18. The van der Waals surface area contributed by atoms with Gasteiger partial charge < -0.3 is 10.5 Å². The Kier molecular flexibility index (Phi) is 4.24. The lowest BCUT2D eigenvalue weighted by molar-refractivity contribution is 0.348. The SMILES string of the molecule is C=C(CN)COc1ccccc1I. The second-order valence-corrected chi connectivity index (χ2v) is 3.84. The third kappa shape index (κ3) is 3.36. The van der Waals surface area contributed by atoms with Gasteiger partial charge in [-0.25, -0.2) is 0 Å². The van der Waals surface area contributed by atoms with E-state index >= 15 is 0 Å². The molecule has 1 aromatic carbocycles. The fourth-order valence-electron chi connectivity index (χ4n) is 0.801. The van der Waals surface area contributed by atoms with Crippen LogP contribution in [0.5, 0.6) is 5.75 Å². The zero-order valence-corrected chi connectivity index (χ0v) is 9.45. The van der Waals surface area contributed by atoms with Crippen molar-refractivity contribution in [3.8, 4) is 5.75 Å². The number of para-hydroxylation sites is 1. The van der Waals surface area contributed by atoms with E-state index in [1.807, 2.05) is 24.3 Å². The van der Waals surface area contributed by atoms with Crippen LogP contribution in [0.3, 0.4) is 0 Å². The quantitative estimate of drug-likeness (QED) is 0.681. The molecule has 0 heterocycles. The van der Waals surface area contributed by atoms with Crippen molar-refractivity contribution in [3.63, 3.8) is 0 Å². The van der Waals surface area contributed by atoms with Gasteiger partial charge in [-0.1, -0.05) is 18.7 Å². The van der Waals surface area contributed by atoms with Crippen LogP contribution in [0.15, 0.2) is 36.4 Å². The van der Waals surface area contributed by atoms with Gasteiger partial charge >= 0.3 is 0 Å². The minimum Gasteiger partial charge on any atom is -0.488 e. The summed E-state index contributed by atoms with van der Waals surface area (Å²) in [6.45, 7) is 4.74. The van der Waals surface area contributed by atoms with Gasteiger partial charge in [-0.15, -0.1) is 0 Å². The molecule has 2 nitrogen and oxygen atoms in total. The smallest absolute Gasteiger partial charge is 0.133 e. The second-order valence-electron chi connectivity index (χ2n) is 2.67. The highest BCUT2D eigenvalue weighted by Gasteiger charge is 1.98. The molecule has 0 aliphatic rings. The fraction of sp³-hybridized carbons (Fsp3) is 0.200. The number of hydrogen-bond acceptors (Lipinski definition) is 2. The molecule has 0 saturated heterocycles. The number of benzene rings is 1. The first kappa shape index (κ1) is 10.5. The molecule has 0 spiro atoms. The van der Waals surface area contributed by atoms with Gasteiger partial charge in [0, 0.05) is 6.54 Å². The molecular weight excluding hydrogens is 277 g/mol. The van der Waals surface area contributed by atoms with Crippen molar-refractivity contribution in [1.29, 1.82) is 0 Å². The lowest BCUT2D eigenvalue weighted by Crippen LogP contribution is -2.10. The van der Waals surface area contributed by atoms with Crippen LogP contribution in [0, 0.1) is 3.57 Å². The predicted molar refractivity (Wildman–Crippen MR) is 62.8 cm³/mol. The molecule has 0 unspecified atom stereocenters. The number of nitrogens with two attached hydrogens (primary N) is 1. The van der Waals surface area contributed by atoms with E-state index in [0.717, 1.165) is 14.9 Å². The zero-order chi connectivity index (χ0) is 9.68. The molecule has 0 radical (unpaired) electrons. The monoisotopic (exact) mass is 289 g/mol. The first-order valence-electron chi connectivity index (χ1n) is 3.98. The van der Waals surface area contributed by atoms with E-state index < -0.39 is 0 Å². The summed E-state index contributed by atoms with van der Waals surface area (Å²) in [4.78, 5) is 0. The average molecular weight is 289 g/mol. The van der Waals surface area contributed by atoms with E-state index in [2.05, 4.69) is 29.2 Å². The van der Waals surface area contributed by atoms with Crippen molar-refractivity contribution < 1.29 is 4.74 Å². The summed E-state index contributed by atoms with van der Waals surface area (Å²) in [5.74, 6) is 0.887. The Labute approximate surface area is 91.9 Å². The van der Waals surface area contributed by atoms with Crippen molar-refractivity contribution in [1.82, 2.24) is 0 Å². The van der Waals surface area contributed by atoms with Gasteiger partial charge in [0.2, 0.25) is 0 Å². The van der Waals surface area contributed by atoms with Gasteiger partial charge in [0.15, 0.2) is 0 Å². The molecule has 0 saturated carbocycles. The maximum atomic E-state index is 5.50. The van der Waals surface area contributed by atoms with Crippen LogP contribution in [0.2, 0.25) is 0 Å². The summed E-state index contributed by atoms with van der Waals surface area (Å²) in [5, 5.41) is 0. The van der Waals surface area contributed by atoms with Crippen molar-refractivity contribution in [3.05, 3.63) is 40.0 Å². The Morgan fingerprint density at radius 1 is 1.46 bits per heavy atom. The summed E-state index contributed by atoms with van der Waals surface area (Å²) in [5.41, 5.74) is 6.30. The Hall–Kier alpha value is -0.550. The number of halogens is 1. The van der Waals surface area contributed by atoms with Crippen LogP contribution in [-0.2, 0) is 0 Å². The Balaban J connectivity index is 2.54. The molecule has 0 aliphatic heterocycles. The van der Waals surface area contributed by atoms with E-state index in [-0.39, 0.29) is 0 Å². The van der Waals surface area contributed by atoms with E-state index in [4.69, 9.17) is 10.5 Å². The zero-order valence-electron chi connectivity index (χ0n) is 7.29. The molecule has 0 atom stereocenters. The molecule has 0 fully saturated rings. The van der Waals surface area contributed by atoms with Crippen LogP contribution in [0.25, 0.3) is 0 Å². The normalized spacial score (nSPS) is 9.69. The molecule has 3 heteroatoms. The Morgan fingerprint density at radius 2 is 2.15 bits per heavy atom. The topological polar surface area (TPSA) is 35.2 Å². The molecule has 0 aliphatic carbocycles. The number of rotatable bonds is 4. The van der Waals surface area contributed by atoms with Gasteiger partial charge in [-0.2, -0.15) is 0 Å². The van der Waals surface area contributed by atoms with Gasteiger partial charge in [-0.3, -0.25) is 0 Å². The minimum atomic E-state index is 0.476. The van der Waals surface area contributed by atoms with Crippen molar-refractivity contribution in [2.45, 2.75) is 0 Å². The van der Waals surface area contributed by atoms with E-state index in [1.165, 1.54) is 0 Å². The summed E-state index contributed by atoms with van der Waals surface area (Å²) >= 11 is 2.23. The van der Waals surface area contributed by atoms with E-state index in [0.29, 0.717) is 13.2 Å². The Bertz CT molecular complexity index is 299. The average Bonchev–Trinajstić information content (AvgIpc) is 2.16. The van der Waals surface area contributed by atoms with Crippen LogP contribution in [-0.4, -0.2) is 13.2 Å². The lowest BCUT2D eigenvalue weighted by Gasteiger charge is -2.08. The Morgan fingerprint density at radius 3 is 2.77 bits per heavy atom. The summed E-state index contributed by atoms with van der Waals surface area (Å²) in [6.07, 6.45) is 0. The highest BCUT2D eigenvalue weighted by atomic mass is 127. The second kappa shape index (κ2) is 5.24. The molecule has 0 bridgehead atoms. The molecule has 0 amide bonds. The van der Waals surface area contributed by atoms with Crippen molar-refractivity contribution >= 4 is 22.6 Å². The molecule has 13 heavy (non-hydrogen) atoms. The maximum Gasteiger partial charge on any atom is 0.133 e. The first-order valence-corrected chi connectivity index (χ1v) is 5.06. The summed E-state index contributed by atoms with van der Waals surface area (Å²) in [6, 6.07) is 7.86. The van der Waals surface area contributed by atoms with Crippen molar-refractivity contribution in [2.75, 3.05) is 13.2 Å². The molecule has 2 N–H and O–H groups in total. The van der Waals surface area contributed by atoms with Gasteiger partial charge in [0.1, 0.15) is 12.4 Å². The van der Waals surface area contributed by atoms with Crippen LogP contribution in [0.4, 0.5) is 0 Å². The maximum absolute atomic E-state index is 5.50. The van der Waals surface area contributed by atoms with Gasteiger partial charge in [0.25, 0.3) is 0 Å². The lowest BCUT2D eigenvalue weighted by atomic mass is 10.3. The molecule has 70 valence electrons. The molecule has 1 rings (SSSR count). The first-order chi connectivity index (χ1) is 6.24. The minimum absolute atomic E-state index is 0.476. The summed E-state index contributed by atoms with van der Waals surface area (Å²) < 4.78 is 6.60. The standard InChI is InChI=1S/C10H12INO/c1-8(6-12)7-13-10-5-3-2-4-9(10)11/h2-5H,1,6-7,12H2. The van der Waals surface area contributed by atoms with Crippen LogP contribution < -0.4 is 10.5 Å². The fourth-order valence-corrected chi connectivity index (χ4v) is 1.34. The van der Waals surface area contributed by atoms with E-state index in [9.17, 15) is 0 Å². The molecule has 0 aromatic heterocycles. The van der Waals surface area contributed by atoms with Crippen LogP contribution >= 0.6 is 22.6 Å². The molecular formula is C10H12INO. The van der Waals surface area contributed by atoms with Crippen LogP contribution in [0.1, 0.15) is 0 Å². The number of ether oxygens (including phenoxy) is 1. The largest absolute Gasteiger partial charge is 0.488 e. The van der Waals surface area contributed by atoms with Gasteiger partial charge in [-0.05, 0) is 40.3 Å². The molecule has 1 aromatic rings. The van der Waals surface area contributed by atoms with Crippen molar-refractivity contribution in [2.24, 2.45) is 5.73 Å². The number of hydrogen-bond donors (Lipinski definition) is 1. The summed E-state index contributed by atoms with van der Waals surface area (Å²) in [7, 11) is 0. The van der Waals surface area contributed by atoms with E-state index in [1.54, 1.807) is 0 Å². The highest BCUT2D eigenvalue weighted by molar-refractivity contribution is 14.1. The van der Waals surface area contributed by atoms with Gasteiger partial charge in [0.05, 0.1) is 3.57 Å². The third-order valence-electron chi connectivity index (χ3n) is 1.56.